The predicted octanol–water partition coefficient (Wildman–Crippen LogP) is 4.64. The van der Waals surface area contributed by atoms with Crippen molar-refractivity contribution in [2.24, 2.45) is 23.7 Å². The van der Waals surface area contributed by atoms with Crippen molar-refractivity contribution in [2.75, 3.05) is 0 Å². The van der Waals surface area contributed by atoms with Crippen LogP contribution in [0.2, 0.25) is 0 Å². The summed E-state index contributed by atoms with van der Waals surface area (Å²) in [6.45, 7) is 0. The standard InChI is InChI=1S/C16H18Cl/c17-12-4-1-3-10(7-12)15-8-11-9-16(15)14-6-2-5-13(11)14/h1,3-4,7,11,13-14,16H,2,5-6,8-9H2/q+1/b15-10+/t11-,13-,14-,16+/m1/s1. The quantitative estimate of drug-likeness (QED) is 0.546. The molecule has 0 saturated heterocycles. The minimum Gasteiger partial charge on any atom is -0.0604 e. The highest BCUT2D eigenvalue weighted by molar-refractivity contribution is 6.31. The second-order valence-electron chi connectivity index (χ2n) is 6.10. The van der Waals surface area contributed by atoms with Crippen LogP contribution in [-0.2, 0) is 0 Å². The summed E-state index contributed by atoms with van der Waals surface area (Å²) >= 11 is 6.12. The maximum atomic E-state index is 6.12. The molecule has 2 bridgehead atoms. The van der Waals surface area contributed by atoms with E-state index < -0.39 is 0 Å². The zero-order chi connectivity index (χ0) is 11.4. The molecule has 4 aliphatic rings. The van der Waals surface area contributed by atoms with Gasteiger partial charge in [0.05, 0.1) is 11.6 Å². The first-order valence-electron chi connectivity index (χ1n) is 6.94. The van der Waals surface area contributed by atoms with Gasteiger partial charge >= 0.3 is 0 Å². The molecule has 0 aliphatic heterocycles. The van der Waals surface area contributed by atoms with Crippen molar-refractivity contribution in [3.63, 3.8) is 0 Å². The van der Waals surface area contributed by atoms with Crippen molar-refractivity contribution in [2.45, 2.75) is 32.1 Å². The van der Waals surface area contributed by atoms with Gasteiger partial charge in [0.2, 0.25) is 0 Å². The van der Waals surface area contributed by atoms with Crippen molar-refractivity contribution >= 4 is 11.6 Å². The normalized spacial score (nSPS) is 47.0. The van der Waals surface area contributed by atoms with Gasteiger partial charge in [-0.2, -0.15) is 0 Å². The monoisotopic (exact) mass is 245 g/mol. The summed E-state index contributed by atoms with van der Waals surface area (Å²) in [4.78, 5) is 0. The van der Waals surface area contributed by atoms with Crippen LogP contribution in [0.15, 0.2) is 34.4 Å². The maximum absolute atomic E-state index is 6.12. The van der Waals surface area contributed by atoms with Crippen LogP contribution in [0.4, 0.5) is 0 Å². The Hall–Kier alpha value is -0.620. The Morgan fingerprint density at radius 2 is 2.12 bits per heavy atom. The number of rotatable bonds is 0. The van der Waals surface area contributed by atoms with E-state index in [0.29, 0.717) is 0 Å². The highest BCUT2D eigenvalue weighted by Crippen LogP contribution is 2.61. The number of hydrogen-bond acceptors (Lipinski definition) is 0. The van der Waals surface area contributed by atoms with E-state index in [9.17, 15) is 0 Å². The smallest absolute Gasteiger partial charge is 0.0604 e. The van der Waals surface area contributed by atoms with Crippen LogP contribution >= 0.6 is 11.6 Å². The van der Waals surface area contributed by atoms with E-state index in [1.165, 1.54) is 37.7 Å². The van der Waals surface area contributed by atoms with Crippen LogP contribution in [0.5, 0.6) is 0 Å². The minimum atomic E-state index is 0.890. The van der Waals surface area contributed by atoms with Crippen molar-refractivity contribution in [3.8, 4) is 0 Å². The topological polar surface area (TPSA) is 0 Å². The summed E-state index contributed by atoms with van der Waals surface area (Å²) < 4.78 is 0. The third kappa shape index (κ3) is 1.46. The molecule has 4 atom stereocenters. The number of hydrogen-bond donors (Lipinski definition) is 0. The number of allylic oxidation sites excluding steroid dienone is 6. The average molecular weight is 246 g/mol. The second-order valence-corrected chi connectivity index (χ2v) is 6.54. The molecule has 0 amide bonds. The third-order valence-electron chi connectivity index (χ3n) is 5.43. The van der Waals surface area contributed by atoms with Gasteiger partial charge in [-0.15, -0.1) is 0 Å². The van der Waals surface area contributed by atoms with Gasteiger partial charge in [0.25, 0.3) is 0 Å². The molecule has 0 N–H and O–H groups in total. The average Bonchev–Trinajstić information content (AvgIpc) is 3.01. The van der Waals surface area contributed by atoms with Crippen molar-refractivity contribution in [1.29, 1.82) is 0 Å². The Morgan fingerprint density at radius 3 is 3.00 bits per heavy atom. The molecule has 4 rings (SSSR count). The highest BCUT2D eigenvalue weighted by Gasteiger charge is 2.54. The maximum Gasteiger partial charge on any atom is 0.124 e. The molecule has 4 aliphatic carbocycles. The van der Waals surface area contributed by atoms with Crippen LogP contribution in [-0.4, -0.2) is 0 Å². The van der Waals surface area contributed by atoms with E-state index in [1.807, 2.05) is 6.08 Å². The van der Waals surface area contributed by atoms with Crippen LogP contribution in [0, 0.1) is 30.1 Å². The van der Waals surface area contributed by atoms with Gasteiger partial charge in [0.1, 0.15) is 5.03 Å². The lowest BCUT2D eigenvalue weighted by molar-refractivity contribution is 0.304. The Balaban J connectivity index is 1.70. The molecule has 17 heavy (non-hydrogen) atoms. The lowest BCUT2D eigenvalue weighted by atomic mass is 9.77. The van der Waals surface area contributed by atoms with Gasteiger partial charge in [-0.05, 0) is 37.0 Å². The first-order chi connectivity index (χ1) is 8.33. The molecular formula is C16H18Cl+. The van der Waals surface area contributed by atoms with Crippen molar-refractivity contribution < 1.29 is 0 Å². The van der Waals surface area contributed by atoms with Gasteiger partial charge < -0.3 is 0 Å². The molecule has 0 aromatic carbocycles. The third-order valence-corrected chi connectivity index (χ3v) is 5.66. The van der Waals surface area contributed by atoms with Crippen LogP contribution in [0.3, 0.4) is 0 Å². The lowest BCUT2D eigenvalue weighted by Crippen LogP contribution is -2.19. The first-order valence-corrected chi connectivity index (χ1v) is 7.32. The fourth-order valence-corrected chi connectivity index (χ4v) is 5.06. The Kier molecular flexibility index (Phi) is 2.24. The van der Waals surface area contributed by atoms with Gasteiger partial charge in [-0.25, -0.2) is 0 Å². The fourth-order valence-electron chi connectivity index (χ4n) is 4.87. The summed E-state index contributed by atoms with van der Waals surface area (Å²) in [7, 11) is 0. The molecule has 0 heterocycles. The van der Waals surface area contributed by atoms with E-state index in [4.69, 9.17) is 11.6 Å². The largest absolute Gasteiger partial charge is 0.124 e. The molecule has 3 saturated carbocycles. The molecular weight excluding hydrogens is 228 g/mol. The predicted molar refractivity (Wildman–Crippen MR) is 71.4 cm³/mol. The number of fused-ring (bicyclic) bond motifs is 5. The molecule has 0 spiro atoms. The van der Waals surface area contributed by atoms with E-state index >= 15 is 0 Å². The van der Waals surface area contributed by atoms with Gasteiger partial charge in [-0.1, -0.05) is 18.0 Å². The Bertz CT molecular complexity index is 440. The summed E-state index contributed by atoms with van der Waals surface area (Å²) in [5.74, 6) is 3.98. The van der Waals surface area contributed by atoms with Crippen LogP contribution in [0.25, 0.3) is 0 Å². The Morgan fingerprint density at radius 1 is 1.24 bits per heavy atom. The highest BCUT2D eigenvalue weighted by atomic mass is 35.5. The molecule has 0 radical (unpaired) electrons. The van der Waals surface area contributed by atoms with Crippen LogP contribution < -0.4 is 0 Å². The van der Waals surface area contributed by atoms with Crippen molar-refractivity contribution in [1.82, 2.24) is 0 Å². The number of halogens is 1. The van der Waals surface area contributed by atoms with E-state index in [2.05, 4.69) is 18.6 Å². The molecule has 88 valence electrons. The molecule has 3 fully saturated rings. The zero-order valence-electron chi connectivity index (χ0n) is 10.0. The summed E-state index contributed by atoms with van der Waals surface area (Å²) in [6, 6.07) is 0. The minimum absolute atomic E-state index is 0.890. The molecule has 0 aromatic heterocycles. The molecule has 0 unspecified atom stereocenters. The van der Waals surface area contributed by atoms with Gasteiger partial charge in [0, 0.05) is 36.5 Å². The van der Waals surface area contributed by atoms with Gasteiger partial charge in [-0.3, -0.25) is 0 Å². The second kappa shape index (κ2) is 3.68. The summed E-state index contributed by atoms with van der Waals surface area (Å²) in [5, 5.41) is 0.890. The van der Waals surface area contributed by atoms with Crippen LogP contribution in [0.1, 0.15) is 32.1 Å². The van der Waals surface area contributed by atoms with E-state index in [-0.39, 0.29) is 0 Å². The summed E-state index contributed by atoms with van der Waals surface area (Å²) in [5.41, 5.74) is 3.15. The molecule has 1 heteroatoms. The Labute approximate surface area is 108 Å². The van der Waals surface area contributed by atoms with E-state index in [0.717, 1.165) is 28.7 Å². The SMILES string of the molecule is ClC1=C/C(=C2\C[C@@H]3C[C@H]2[C@@H]2CCC[C@H]32)[CH+]C=C1. The van der Waals surface area contributed by atoms with Crippen molar-refractivity contribution in [3.05, 3.63) is 40.8 Å². The van der Waals surface area contributed by atoms with Gasteiger partial charge in [0.15, 0.2) is 0 Å². The first kappa shape index (κ1) is 10.3. The summed E-state index contributed by atoms with van der Waals surface area (Å²) in [6.07, 6.45) is 15.8. The zero-order valence-corrected chi connectivity index (χ0v) is 10.8. The molecule has 0 aromatic rings. The fraction of sp³-hybridized carbons (Fsp3) is 0.562. The lowest BCUT2D eigenvalue weighted by Gasteiger charge is -2.25. The molecule has 0 nitrogen and oxygen atoms in total. The van der Waals surface area contributed by atoms with E-state index in [1.54, 1.807) is 5.57 Å².